The lowest BCUT2D eigenvalue weighted by atomic mass is 10.1. The molecule has 0 N–H and O–H groups in total. The third kappa shape index (κ3) is 5.66. The van der Waals surface area contributed by atoms with Crippen molar-refractivity contribution >= 4 is 17.3 Å². The molecule has 2 aromatic carbocycles. The Morgan fingerprint density at radius 1 is 0.913 bits per heavy atom. The molecule has 0 aliphatic rings. The van der Waals surface area contributed by atoms with Gasteiger partial charge in [0.15, 0.2) is 0 Å². The molecule has 0 spiro atoms. The Morgan fingerprint density at radius 3 is 2.00 bits per heavy atom. The number of unbranched alkanes of at least 4 members (excludes halogenated alkanes) is 1. The van der Waals surface area contributed by atoms with Gasteiger partial charge in [0, 0.05) is 6.42 Å². The van der Waals surface area contributed by atoms with Crippen LogP contribution in [0.25, 0.3) is 0 Å². The van der Waals surface area contributed by atoms with Crippen molar-refractivity contribution in [2.24, 2.45) is 10.2 Å². The van der Waals surface area contributed by atoms with Crippen LogP contribution in [0.15, 0.2) is 58.8 Å². The average Bonchev–Trinajstić information content (AvgIpc) is 2.60. The maximum absolute atomic E-state index is 11.2. The molecule has 0 aliphatic carbocycles. The van der Waals surface area contributed by atoms with Crippen molar-refractivity contribution in [2.45, 2.75) is 39.5 Å². The van der Waals surface area contributed by atoms with E-state index < -0.39 is 0 Å². The smallest absolute Gasteiger partial charge is 0.310 e. The molecule has 23 heavy (non-hydrogen) atoms. The quantitative estimate of drug-likeness (QED) is 0.371. The molecular weight excluding hydrogens is 288 g/mol. The second kappa shape index (κ2) is 8.83. The highest BCUT2D eigenvalue weighted by Gasteiger charge is 2.01. The second-order valence-electron chi connectivity index (χ2n) is 5.29. The molecule has 2 aromatic rings. The zero-order chi connectivity index (χ0) is 16.5. The first kappa shape index (κ1) is 16.9. The van der Waals surface area contributed by atoms with Crippen LogP contribution in [0.2, 0.25) is 0 Å². The van der Waals surface area contributed by atoms with Gasteiger partial charge in [0.05, 0.1) is 11.4 Å². The van der Waals surface area contributed by atoms with Gasteiger partial charge in [0.25, 0.3) is 0 Å². The lowest BCUT2D eigenvalue weighted by molar-refractivity contribution is -0.134. The van der Waals surface area contributed by atoms with Crippen LogP contribution >= 0.6 is 0 Å². The standard InChI is InChI=1S/C19H22N2O2/c1-3-5-6-15-7-9-16(10-8-15)20-21-17-11-13-18(14-12-17)23-19(22)4-2/h7-14H,3-6H2,1-2H3. The first-order chi connectivity index (χ1) is 11.2. The minimum Gasteiger partial charge on any atom is -0.427 e. The molecular formula is C19H22N2O2. The third-order valence-electron chi connectivity index (χ3n) is 3.39. The van der Waals surface area contributed by atoms with Gasteiger partial charge in [-0.2, -0.15) is 10.2 Å². The fourth-order valence-electron chi connectivity index (χ4n) is 2.01. The second-order valence-corrected chi connectivity index (χ2v) is 5.29. The molecule has 0 radical (unpaired) electrons. The molecule has 2 rings (SSSR count). The summed E-state index contributed by atoms with van der Waals surface area (Å²) in [5.74, 6) is 0.276. The molecule has 0 aliphatic heterocycles. The van der Waals surface area contributed by atoms with E-state index in [9.17, 15) is 4.79 Å². The number of hydrogen-bond acceptors (Lipinski definition) is 4. The third-order valence-corrected chi connectivity index (χ3v) is 3.39. The van der Waals surface area contributed by atoms with E-state index in [0.29, 0.717) is 12.2 Å². The van der Waals surface area contributed by atoms with Gasteiger partial charge < -0.3 is 4.74 Å². The number of aryl methyl sites for hydroxylation is 1. The highest BCUT2D eigenvalue weighted by Crippen LogP contribution is 2.22. The number of nitrogens with zero attached hydrogens (tertiary/aromatic N) is 2. The van der Waals surface area contributed by atoms with Crippen LogP contribution < -0.4 is 4.74 Å². The van der Waals surface area contributed by atoms with Crippen molar-refractivity contribution in [1.82, 2.24) is 0 Å². The molecule has 0 atom stereocenters. The maximum Gasteiger partial charge on any atom is 0.310 e. The van der Waals surface area contributed by atoms with E-state index in [4.69, 9.17) is 4.74 Å². The largest absolute Gasteiger partial charge is 0.427 e. The van der Waals surface area contributed by atoms with Gasteiger partial charge in [0.1, 0.15) is 5.75 Å². The summed E-state index contributed by atoms with van der Waals surface area (Å²) >= 11 is 0. The molecule has 0 unspecified atom stereocenters. The fourth-order valence-corrected chi connectivity index (χ4v) is 2.01. The van der Waals surface area contributed by atoms with Gasteiger partial charge in [0.2, 0.25) is 0 Å². The molecule has 0 saturated heterocycles. The number of rotatable bonds is 7. The van der Waals surface area contributed by atoms with Crippen LogP contribution in [0.1, 0.15) is 38.7 Å². The van der Waals surface area contributed by atoms with Gasteiger partial charge in [-0.05, 0) is 54.8 Å². The van der Waals surface area contributed by atoms with E-state index in [1.165, 1.54) is 18.4 Å². The van der Waals surface area contributed by atoms with Crippen molar-refractivity contribution < 1.29 is 9.53 Å². The molecule has 0 heterocycles. The SMILES string of the molecule is CCCCc1ccc(N=Nc2ccc(OC(=O)CC)cc2)cc1. The Hall–Kier alpha value is -2.49. The molecule has 0 amide bonds. The predicted octanol–water partition coefficient (Wildman–Crippen LogP) is 5.76. The number of azo groups is 1. The monoisotopic (exact) mass is 310 g/mol. The lowest BCUT2D eigenvalue weighted by Gasteiger charge is -2.02. The summed E-state index contributed by atoms with van der Waals surface area (Å²) in [5.41, 5.74) is 2.87. The Kier molecular flexibility index (Phi) is 6.48. The van der Waals surface area contributed by atoms with Crippen molar-refractivity contribution in [3.63, 3.8) is 0 Å². The molecule has 0 aromatic heterocycles. The summed E-state index contributed by atoms with van der Waals surface area (Å²) in [5, 5.41) is 8.42. The van der Waals surface area contributed by atoms with E-state index in [2.05, 4.69) is 29.3 Å². The molecule has 4 nitrogen and oxygen atoms in total. The first-order valence-corrected chi connectivity index (χ1v) is 8.02. The number of carbonyl (C=O) groups excluding carboxylic acids is 1. The zero-order valence-corrected chi connectivity index (χ0v) is 13.7. The highest BCUT2D eigenvalue weighted by molar-refractivity contribution is 5.72. The highest BCUT2D eigenvalue weighted by atomic mass is 16.5. The molecule has 4 heteroatoms. The molecule has 0 fully saturated rings. The van der Waals surface area contributed by atoms with Gasteiger partial charge in [-0.1, -0.05) is 32.4 Å². The lowest BCUT2D eigenvalue weighted by Crippen LogP contribution is -2.04. The first-order valence-electron chi connectivity index (χ1n) is 8.02. The van der Waals surface area contributed by atoms with E-state index in [1.807, 2.05) is 12.1 Å². The number of benzene rings is 2. The summed E-state index contributed by atoms with van der Waals surface area (Å²) in [6.45, 7) is 3.95. The topological polar surface area (TPSA) is 51.0 Å². The van der Waals surface area contributed by atoms with Crippen LogP contribution in [-0.4, -0.2) is 5.97 Å². The van der Waals surface area contributed by atoms with Crippen LogP contribution in [0, 0.1) is 0 Å². The van der Waals surface area contributed by atoms with E-state index in [1.54, 1.807) is 31.2 Å². The number of carbonyl (C=O) groups is 1. The Labute approximate surface area is 137 Å². The predicted molar refractivity (Wildman–Crippen MR) is 91.6 cm³/mol. The van der Waals surface area contributed by atoms with E-state index >= 15 is 0 Å². The Balaban J connectivity index is 1.95. The van der Waals surface area contributed by atoms with Crippen LogP contribution in [0.4, 0.5) is 11.4 Å². The normalized spacial score (nSPS) is 10.9. The van der Waals surface area contributed by atoms with E-state index in [0.717, 1.165) is 17.8 Å². The maximum atomic E-state index is 11.2. The van der Waals surface area contributed by atoms with Crippen molar-refractivity contribution in [1.29, 1.82) is 0 Å². The van der Waals surface area contributed by atoms with E-state index in [-0.39, 0.29) is 5.97 Å². The summed E-state index contributed by atoms with van der Waals surface area (Å²) in [7, 11) is 0. The summed E-state index contributed by atoms with van der Waals surface area (Å²) in [4.78, 5) is 11.2. The van der Waals surface area contributed by atoms with Gasteiger partial charge in [-0.25, -0.2) is 0 Å². The Morgan fingerprint density at radius 2 is 1.48 bits per heavy atom. The minimum atomic E-state index is -0.248. The summed E-state index contributed by atoms with van der Waals surface area (Å²) in [6.07, 6.45) is 3.86. The average molecular weight is 310 g/mol. The minimum absolute atomic E-state index is 0.248. The number of hydrogen-bond donors (Lipinski definition) is 0. The van der Waals surface area contributed by atoms with Crippen molar-refractivity contribution in [3.8, 4) is 5.75 Å². The molecule has 0 bridgehead atoms. The molecule has 0 saturated carbocycles. The van der Waals surface area contributed by atoms with Crippen LogP contribution in [-0.2, 0) is 11.2 Å². The van der Waals surface area contributed by atoms with Crippen molar-refractivity contribution in [3.05, 3.63) is 54.1 Å². The summed E-state index contributed by atoms with van der Waals surface area (Å²) in [6, 6.07) is 15.1. The summed E-state index contributed by atoms with van der Waals surface area (Å²) < 4.78 is 5.12. The van der Waals surface area contributed by atoms with Crippen LogP contribution in [0.5, 0.6) is 5.75 Å². The van der Waals surface area contributed by atoms with Crippen LogP contribution in [0.3, 0.4) is 0 Å². The number of esters is 1. The number of ether oxygens (including phenoxy) is 1. The van der Waals surface area contributed by atoms with Gasteiger partial charge in [-0.15, -0.1) is 0 Å². The van der Waals surface area contributed by atoms with Crippen molar-refractivity contribution in [2.75, 3.05) is 0 Å². The van der Waals surface area contributed by atoms with Gasteiger partial charge >= 0.3 is 5.97 Å². The fraction of sp³-hybridized carbons (Fsp3) is 0.316. The molecule has 120 valence electrons. The Bertz CT molecular complexity index is 646. The zero-order valence-electron chi connectivity index (χ0n) is 13.7. The van der Waals surface area contributed by atoms with Gasteiger partial charge in [-0.3, -0.25) is 4.79 Å².